The number of benzene rings is 2. The Morgan fingerprint density at radius 3 is 2.60 bits per heavy atom. The van der Waals surface area contributed by atoms with Crippen molar-refractivity contribution < 1.29 is 19.4 Å². The second kappa shape index (κ2) is 10.7. The summed E-state index contributed by atoms with van der Waals surface area (Å²) in [6.07, 6.45) is 2.44. The van der Waals surface area contributed by atoms with Crippen molar-refractivity contribution in [1.29, 1.82) is 0 Å². The monoisotopic (exact) mass is 407 g/mol. The van der Waals surface area contributed by atoms with Crippen LogP contribution in [-0.2, 0) is 24.1 Å². The summed E-state index contributed by atoms with van der Waals surface area (Å²) in [4.78, 5) is 16.6. The van der Waals surface area contributed by atoms with Crippen LogP contribution in [0.15, 0.2) is 59.1 Å². The van der Waals surface area contributed by atoms with Gasteiger partial charge in [0.05, 0.1) is 5.94 Å². The quantitative estimate of drug-likeness (QED) is 0.446. The van der Waals surface area contributed by atoms with Crippen LogP contribution in [0.25, 0.3) is 11.5 Å². The summed E-state index contributed by atoms with van der Waals surface area (Å²) < 4.78 is 5.24. The molecule has 0 aliphatic carbocycles. The maximum Gasteiger partial charge on any atom is 0.475 e. The third kappa shape index (κ3) is 6.27. The fraction of sp³-hybridized carbons (Fsp3) is 0.318. The van der Waals surface area contributed by atoms with Gasteiger partial charge in [0.1, 0.15) is 0 Å². The van der Waals surface area contributed by atoms with E-state index in [0.29, 0.717) is 31.0 Å². The summed E-state index contributed by atoms with van der Waals surface area (Å²) in [5.41, 5.74) is 3.15. The summed E-state index contributed by atoms with van der Waals surface area (Å²) in [5.74, 6) is -0.195. The van der Waals surface area contributed by atoms with Crippen molar-refractivity contribution >= 4 is 13.0 Å². The first-order chi connectivity index (χ1) is 14.5. The molecule has 2 aromatic carbocycles. The molecule has 1 aromatic heterocycles. The highest BCUT2D eigenvalue weighted by Gasteiger charge is 2.25. The van der Waals surface area contributed by atoms with E-state index in [0.717, 1.165) is 17.5 Å². The average Bonchev–Trinajstić information content (AvgIpc) is 3.25. The molecule has 3 aromatic rings. The lowest BCUT2D eigenvalue weighted by atomic mass is 9.76. The minimum atomic E-state index is -1.63. The lowest BCUT2D eigenvalue weighted by molar-refractivity contribution is -0.121. The van der Waals surface area contributed by atoms with Gasteiger partial charge in [-0.05, 0) is 42.5 Å². The van der Waals surface area contributed by atoms with Crippen molar-refractivity contribution in [1.82, 2.24) is 15.5 Å². The first-order valence-electron chi connectivity index (χ1n) is 10.2. The second-order valence-corrected chi connectivity index (χ2v) is 7.18. The van der Waals surface area contributed by atoms with Gasteiger partial charge in [-0.25, -0.2) is 0 Å². The highest BCUT2D eigenvalue weighted by atomic mass is 16.5. The number of carbonyl (C=O) groups excluding carboxylic acids is 1. The van der Waals surface area contributed by atoms with Gasteiger partial charge in [0.25, 0.3) is 5.89 Å². The van der Waals surface area contributed by atoms with Crippen molar-refractivity contribution in [2.75, 3.05) is 0 Å². The van der Waals surface area contributed by atoms with Gasteiger partial charge in [0.2, 0.25) is 5.91 Å². The number of hydrogen-bond donors (Lipinski definition) is 3. The molecule has 0 aliphatic heterocycles. The Labute approximate surface area is 176 Å². The number of carbonyl (C=O) groups is 1. The van der Waals surface area contributed by atoms with Crippen LogP contribution < -0.4 is 5.32 Å². The van der Waals surface area contributed by atoms with Crippen LogP contribution >= 0.6 is 0 Å². The molecular formula is C22H26BN3O4. The zero-order valence-electron chi connectivity index (χ0n) is 17.0. The van der Waals surface area contributed by atoms with Gasteiger partial charge in [0.15, 0.2) is 5.82 Å². The summed E-state index contributed by atoms with van der Waals surface area (Å²) in [6.45, 7) is 2.09. The number of nitrogens with one attached hydrogen (secondary N) is 1. The van der Waals surface area contributed by atoms with Crippen LogP contribution in [0.3, 0.4) is 0 Å². The number of aryl methyl sites for hydroxylation is 3. The van der Waals surface area contributed by atoms with Gasteiger partial charge < -0.3 is 19.9 Å². The van der Waals surface area contributed by atoms with Gasteiger partial charge in [-0.1, -0.05) is 54.5 Å². The standard InChI is InChI=1S/C22H26BN3O4/c1-2-16-7-6-8-17(15-16)11-12-19(23(28)29)24-21(27)14-13-20-25-22(30-26-20)18-9-4-3-5-10-18/h3-10,15,19,28-29H,2,11-14H2,1H3,(H,24,27)/t19-/m0/s1. The van der Waals surface area contributed by atoms with E-state index in [9.17, 15) is 14.8 Å². The zero-order valence-corrected chi connectivity index (χ0v) is 17.0. The molecule has 0 saturated carbocycles. The lowest BCUT2D eigenvalue weighted by Crippen LogP contribution is -2.46. The predicted molar refractivity (Wildman–Crippen MR) is 114 cm³/mol. The lowest BCUT2D eigenvalue weighted by Gasteiger charge is -2.17. The molecule has 1 atom stereocenters. The Morgan fingerprint density at radius 1 is 1.10 bits per heavy atom. The van der Waals surface area contributed by atoms with E-state index in [2.05, 4.69) is 34.5 Å². The largest absolute Gasteiger partial charge is 0.475 e. The van der Waals surface area contributed by atoms with E-state index < -0.39 is 13.1 Å². The number of nitrogens with zero attached hydrogens (tertiary/aromatic N) is 2. The molecule has 0 bridgehead atoms. The molecule has 1 amide bonds. The molecule has 0 saturated heterocycles. The van der Waals surface area contributed by atoms with Crippen LogP contribution in [0.4, 0.5) is 0 Å². The Kier molecular flexibility index (Phi) is 7.76. The van der Waals surface area contributed by atoms with E-state index in [1.807, 2.05) is 42.5 Å². The first kappa shape index (κ1) is 21.7. The highest BCUT2D eigenvalue weighted by Crippen LogP contribution is 2.16. The molecular weight excluding hydrogens is 381 g/mol. The summed E-state index contributed by atoms with van der Waals surface area (Å²) in [5, 5.41) is 25.9. The van der Waals surface area contributed by atoms with Crippen molar-refractivity contribution in [3.8, 4) is 11.5 Å². The molecule has 8 heteroatoms. The van der Waals surface area contributed by atoms with Crippen LogP contribution in [0.1, 0.15) is 36.7 Å². The molecule has 0 spiro atoms. The van der Waals surface area contributed by atoms with Gasteiger partial charge >= 0.3 is 7.12 Å². The Balaban J connectivity index is 1.50. The molecule has 1 heterocycles. The molecule has 0 radical (unpaired) electrons. The predicted octanol–water partition coefficient (Wildman–Crippen LogP) is 2.36. The van der Waals surface area contributed by atoms with Gasteiger partial charge in [0, 0.05) is 18.4 Å². The van der Waals surface area contributed by atoms with Gasteiger partial charge in [-0.2, -0.15) is 4.98 Å². The van der Waals surface area contributed by atoms with Crippen LogP contribution in [-0.4, -0.2) is 39.2 Å². The Bertz CT molecular complexity index is 946. The zero-order chi connectivity index (χ0) is 21.3. The third-order valence-corrected chi connectivity index (χ3v) is 4.91. The highest BCUT2D eigenvalue weighted by molar-refractivity contribution is 6.43. The fourth-order valence-electron chi connectivity index (χ4n) is 3.18. The molecule has 0 unspecified atom stereocenters. The minimum absolute atomic E-state index is 0.127. The third-order valence-electron chi connectivity index (χ3n) is 4.91. The number of hydrogen-bond acceptors (Lipinski definition) is 6. The van der Waals surface area contributed by atoms with Gasteiger partial charge in [-0.3, -0.25) is 4.79 Å². The maximum atomic E-state index is 12.3. The first-order valence-corrected chi connectivity index (χ1v) is 10.2. The molecule has 3 rings (SSSR count). The average molecular weight is 407 g/mol. The molecule has 3 N–H and O–H groups in total. The summed E-state index contributed by atoms with van der Waals surface area (Å²) >= 11 is 0. The molecule has 30 heavy (non-hydrogen) atoms. The smallest absolute Gasteiger partial charge is 0.426 e. The summed E-state index contributed by atoms with van der Waals surface area (Å²) in [7, 11) is -1.63. The van der Waals surface area contributed by atoms with Crippen molar-refractivity contribution in [2.45, 2.75) is 45.0 Å². The minimum Gasteiger partial charge on any atom is -0.426 e. The topological polar surface area (TPSA) is 108 Å². The number of aromatic nitrogens is 2. The maximum absolute atomic E-state index is 12.3. The normalized spacial score (nSPS) is 11.8. The summed E-state index contributed by atoms with van der Waals surface area (Å²) in [6, 6.07) is 17.6. The SMILES string of the molecule is CCc1cccc(CC[C@H](NC(=O)CCc2noc(-c3ccccc3)n2)B(O)O)c1. The fourth-order valence-corrected chi connectivity index (χ4v) is 3.18. The molecule has 7 nitrogen and oxygen atoms in total. The van der Waals surface area contributed by atoms with Crippen molar-refractivity contribution in [2.24, 2.45) is 0 Å². The molecule has 0 fully saturated rings. The molecule has 156 valence electrons. The van der Waals surface area contributed by atoms with Crippen LogP contribution in [0.2, 0.25) is 0 Å². The molecule has 0 aliphatic rings. The van der Waals surface area contributed by atoms with E-state index >= 15 is 0 Å². The van der Waals surface area contributed by atoms with Crippen molar-refractivity contribution in [3.63, 3.8) is 0 Å². The Hall–Kier alpha value is -2.97. The van der Waals surface area contributed by atoms with E-state index in [-0.39, 0.29) is 12.3 Å². The Morgan fingerprint density at radius 2 is 1.87 bits per heavy atom. The second-order valence-electron chi connectivity index (χ2n) is 7.18. The number of rotatable bonds is 10. The van der Waals surface area contributed by atoms with Gasteiger partial charge in [-0.15, -0.1) is 0 Å². The van der Waals surface area contributed by atoms with E-state index in [1.165, 1.54) is 5.56 Å². The van der Waals surface area contributed by atoms with Crippen LogP contribution in [0.5, 0.6) is 0 Å². The van der Waals surface area contributed by atoms with E-state index in [1.54, 1.807) is 0 Å². The van der Waals surface area contributed by atoms with Crippen LogP contribution in [0, 0.1) is 0 Å². The van der Waals surface area contributed by atoms with Crippen molar-refractivity contribution in [3.05, 3.63) is 71.5 Å². The van der Waals surface area contributed by atoms with E-state index in [4.69, 9.17) is 4.52 Å². The number of amides is 1.